The van der Waals surface area contributed by atoms with Gasteiger partial charge in [0.2, 0.25) is 0 Å². The molecule has 0 saturated heterocycles. The molecule has 3 aliphatic carbocycles. The summed E-state index contributed by atoms with van der Waals surface area (Å²) in [7, 11) is 0. The number of hydrogen-bond donors (Lipinski definition) is 0. The second-order valence-corrected chi connectivity index (χ2v) is 10.2. The van der Waals surface area contributed by atoms with E-state index in [2.05, 4.69) is 99.8 Å². The van der Waals surface area contributed by atoms with Gasteiger partial charge in [-0.2, -0.15) is 0 Å². The van der Waals surface area contributed by atoms with Gasteiger partial charge in [0.15, 0.2) is 0 Å². The topological polar surface area (TPSA) is 0 Å². The number of allylic oxidation sites excluding steroid dienone is 11. The summed E-state index contributed by atoms with van der Waals surface area (Å²) in [5, 5.41) is 0. The summed E-state index contributed by atoms with van der Waals surface area (Å²) in [5.41, 5.74) is 13.7. The van der Waals surface area contributed by atoms with E-state index in [4.69, 9.17) is 6.58 Å². The lowest BCUT2D eigenvalue weighted by Gasteiger charge is -2.34. The fraction of sp³-hybridized carbons (Fsp3) is 0.257. The molecule has 3 unspecified atom stereocenters. The molecule has 3 aliphatic rings. The molecule has 0 nitrogen and oxygen atoms in total. The monoisotopic (exact) mass is 456 g/mol. The van der Waals surface area contributed by atoms with E-state index < -0.39 is 0 Å². The van der Waals surface area contributed by atoms with Crippen LogP contribution in [0.25, 0.3) is 5.57 Å². The van der Waals surface area contributed by atoms with Crippen LogP contribution < -0.4 is 0 Å². The average molecular weight is 457 g/mol. The standard InChI is InChI=1S/C35H36/c1-6-13-23(3)33-24(4)19-30-22-28(25(5)34(30)35(33)26-15-9-8-10-16-26)21-29-20-27(14-7-2)31-17-11-12-18-32(29)31/h7-12,15-21,27,34-35H,2-3,5-6,13-14,22H2,1,4H3/b28-21+. The van der Waals surface area contributed by atoms with Crippen LogP contribution in [0.5, 0.6) is 0 Å². The summed E-state index contributed by atoms with van der Waals surface area (Å²) in [6, 6.07) is 19.8. The Morgan fingerprint density at radius 1 is 1.03 bits per heavy atom. The maximum Gasteiger partial charge on any atom is 0.0201 e. The van der Waals surface area contributed by atoms with Gasteiger partial charge in [-0.15, -0.1) is 6.58 Å². The summed E-state index contributed by atoms with van der Waals surface area (Å²) in [6.45, 7) is 17.7. The Labute approximate surface area is 211 Å². The van der Waals surface area contributed by atoms with E-state index >= 15 is 0 Å². The summed E-state index contributed by atoms with van der Waals surface area (Å²) in [4.78, 5) is 0. The van der Waals surface area contributed by atoms with Crippen LogP contribution in [-0.4, -0.2) is 0 Å². The quantitative estimate of drug-likeness (QED) is 0.364. The van der Waals surface area contributed by atoms with Crippen molar-refractivity contribution < 1.29 is 0 Å². The zero-order chi connectivity index (χ0) is 24.5. The third kappa shape index (κ3) is 4.16. The molecule has 0 bridgehead atoms. The fourth-order valence-electron chi connectivity index (χ4n) is 6.46. The maximum absolute atomic E-state index is 4.71. The zero-order valence-corrected chi connectivity index (χ0v) is 21.2. The summed E-state index contributed by atoms with van der Waals surface area (Å²) < 4.78 is 0. The van der Waals surface area contributed by atoms with Crippen molar-refractivity contribution >= 4 is 5.57 Å². The predicted octanol–water partition coefficient (Wildman–Crippen LogP) is 9.64. The molecule has 176 valence electrons. The van der Waals surface area contributed by atoms with Gasteiger partial charge >= 0.3 is 0 Å². The molecule has 2 aromatic carbocycles. The number of hydrogen-bond acceptors (Lipinski definition) is 0. The molecule has 3 atom stereocenters. The summed E-state index contributed by atoms with van der Waals surface area (Å²) in [6.07, 6.45) is 13.4. The van der Waals surface area contributed by atoms with Crippen molar-refractivity contribution in [1.29, 1.82) is 0 Å². The molecular formula is C35H36. The van der Waals surface area contributed by atoms with E-state index in [9.17, 15) is 0 Å². The first-order valence-corrected chi connectivity index (χ1v) is 13.0. The van der Waals surface area contributed by atoms with Gasteiger partial charge in [-0.05, 0) is 70.7 Å². The highest BCUT2D eigenvalue weighted by Gasteiger charge is 2.41. The lowest BCUT2D eigenvalue weighted by molar-refractivity contribution is 0.619. The van der Waals surface area contributed by atoms with Crippen LogP contribution in [0.1, 0.15) is 68.1 Å². The minimum absolute atomic E-state index is 0.284. The average Bonchev–Trinajstić information content (AvgIpc) is 3.36. The predicted molar refractivity (Wildman–Crippen MR) is 151 cm³/mol. The maximum atomic E-state index is 4.71. The molecule has 0 spiro atoms. The molecule has 2 aromatic rings. The van der Waals surface area contributed by atoms with E-state index in [0.717, 1.165) is 25.7 Å². The van der Waals surface area contributed by atoms with Crippen LogP contribution in [0.4, 0.5) is 0 Å². The van der Waals surface area contributed by atoms with Crippen molar-refractivity contribution in [2.24, 2.45) is 5.92 Å². The molecule has 35 heavy (non-hydrogen) atoms. The Morgan fingerprint density at radius 3 is 2.51 bits per heavy atom. The van der Waals surface area contributed by atoms with E-state index in [1.54, 1.807) is 0 Å². The Bertz CT molecular complexity index is 1300. The molecule has 0 N–H and O–H groups in total. The van der Waals surface area contributed by atoms with Crippen LogP contribution in [0.3, 0.4) is 0 Å². The van der Waals surface area contributed by atoms with Gasteiger partial charge in [-0.1, -0.05) is 117 Å². The number of rotatable bonds is 7. The summed E-state index contributed by atoms with van der Waals surface area (Å²) >= 11 is 0. The van der Waals surface area contributed by atoms with Crippen molar-refractivity contribution in [2.75, 3.05) is 0 Å². The lowest BCUT2D eigenvalue weighted by atomic mass is 9.69. The molecule has 0 aliphatic heterocycles. The van der Waals surface area contributed by atoms with Crippen molar-refractivity contribution in [2.45, 2.75) is 51.4 Å². The SMILES string of the molecule is C=CCC1C=C(/C=C2\CC3=CC(C)=C(C(=C)CCC)C(c4ccccc4)C3C2=C)c2ccccc21. The zero-order valence-electron chi connectivity index (χ0n) is 21.2. The van der Waals surface area contributed by atoms with E-state index in [-0.39, 0.29) is 5.92 Å². The minimum atomic E-state index is 0.284. The first-order chi connectivity index (χ1) is 17.0. The van der Waals surface area contributed by atoms with Crippen molar-refractivity contribution in [1.82, 2.24) is 0 Å². The Kier molecular flexibility index (Phi) is 6.48. The third-order valence-corrected chi connectivity index (χ3v) is 7.95. The van der Waals surface area contributed by atoms with Crippen molar-refractivity contribution in [3.05, 3.63) is 149 Å². The second kappa shape index (κ2) is 9.70. The first kappa shape index (κ1) is 23.4. The van der Waals surface area contributed by atoms with Crippen LogP contribution in [0.2, 0.25) is 0 Å². The lowest BCUT2D eigenvalue weighted by Crippen LogP contribution is -2.21. The van der Waals surface area contributed by atoms with Crippen LogP contribution in [0, 0.1) is 5.92 Å². The van der Waals surface area contributed by atoms with Gasteiger partial charge in [0.05, 0.1) is 0 Å². The van der Waals surface area contributed by atoms with Crippen molar-refractivity contribution in [3.8, 4) is 0 Å². The number of fused-ring (bicyclic) bond motifs is 2. The Hall–Kier alpha value is -3.38. The molecule has 0 heterocycles. The molecule has 1 fully saturated rings. The number of benzene rings is 2. The largest absolute Gasteiger partial charge is 0.103 e. The van der Waals surface area contributed by atoms with Crippen LogP contribution >= 0.6 is 0 Å². The fourth-order valence-corrected chi connectivity index (χ4v) is 6.46. The third-order valence-electron chi connectivity index (χ3n) is 7.95. The van der Waals surface area contributed by atoms with Gasteiger partial charge in [0, 0.05) is 17.8 Å². The van der Waals surface area contributed by atoms with Crippen molar-refractivity contribution in [3.63, 3.8) is 0 Å². The Morgan fingerprint density at radius 2 is 1.77 bits per heavy atom. The van der Waals surface area contributed by atoms with Crippen LogP contribution in [0.15, 0.2) is 132 Å². The molecule has 0 radical (unpaired) electrons. The molecule has 0 amide bonds. The highest BCUT2D eigenvalue weighted by Crippen LogP contribution is 2.55. The second-order valence-electron chi connectivity index (χ2n) is 10.2. The summed E-state index contributed by atoms with van der Waals surface area (Å²) in [5.74, 6) is 1.00. The Balaban J connectivity index is 1.56. The first-order valence-electron chi connectivity index (χ1n) is 13.0. The highest BCUT2D eigenvalue weighted by molar-refractivity contribution is 5.83. The molecule has 1 saturated carbocycles. The molecule has 5 rings (SSSR count). The van der Waals surface area contributed by atoms with E-state index in [1.165, 1.54) is 55.7 Å². The van der Waals surface area contributed by atoms with E-state index in [1.807, 2.05) is 6.08 Å². The molecule has 0 heteroatoms. The molecular weight excluding hydrogens is 420 g/mol. The molecule has 0 aromatic heterocycles. The van der Waals surface area contributed by atoms with Crippen LogP contribution in [-0.2, 0) is 0 Å². The minimum Gasteiger partial charge on any atom is -0.103 e. The van der Waals surface area contributed by atoms with Gasteiger partial charge in [0.25, 0.3) is 0 Å². The van der Waals surface area contributed by atoms with E-state index in [0.29, 0.717) is 11.8 Å². The normalized spacial score (nSPS) is 24.2. The smallest absolute Gasteiger partial charge is 0.0201 e. The highest BCUT2D eigenvalue weighted by atomic mass is 14.4. The van der Waals surface area contributed by atoms with Gasteiger partial charge in [-0.3, -0.25) is 0 Å². The van der Waals surface area contributed by atoms with Gasteiger partial charge in [0.1, 0.15) is 0 Å². The van der Waals surface area contributed by atoms with Gasteiger partial charge < -0.3 is 0 Å². The van der Waals surface area contributed by atoms with Gasteiger partial charge in [-0.25, -0.2) is 0 Å².